The van der Waals surface area contributed by atoms with E-state index in [1.807, 2.05) is 0 Å². The van der Waals surface area contributed by atoms with Crippen molar-refractivity contribution >= 4 is 5.97 Å². The topological polar surface area (TPSA) is 37.3 Å². The predicted molar refractivity (Wildman–Crippen MR) is 62.9 cm³/mol. The average molecular weight is 216 g/mol. The minimum atomic E-state index is -0.667. The normalized spacial score (nSPS) is 11.7. The number of rotatable bonds is 9. The van der Waals surface area contributed by atoms with Gasteiger partial charge in [-0.3, -0.25) is 4.79 Å². The van der Waals surface area contributed by atoms with Crippen molar-refractivity contribution in [3.05, 3.63) is 0 Å². The number of carboxylic acid groups (broad SMARTS) is 1. The molecule has 15 heavy (non-hydrogen) atoms. The SMILES string of the molecule is C[N+](C)(C)CCCCCCCCC(=O)O. The summed E-state index contributed by atoms with van der Waals surface area (Å²) < 4.78 is 1.04. The van der Waals surface area contributed by atoms with Crippen molar-refractivity contribution in [1.82, 2.24) is 0 Å². The van der Waals surface area contributed by atoms with Crippen LogP contribution in [0.4, 0.5) is 0 Å². The molecule has 90 valence electrons. The van der Waals surface area contributed by atoms with Crippen molar-refractivity contribution in [2.24, 2.45) is 0 Å². The lowest BCUT2D eigenvalue weighted by atomic mass is 10.1. The summed E-state index contributed by atoms with van der Waals surface area (Å²) in [6.45, 7) is 1.23. The number of hydrogen-bond donors (Lipinski definition) is 1. The van der Waals surface area contributed by atoms with Crippen LogP contribution in [0.25, 0.3) is 0 Å². The molecule has 0 aliphatic rings. The standard InChI is InChI=1S/C12H25NO2/c1-13(2,3)11-9-7-5-4-6-8-10-12(14)15/h4-11H2,1-3H3/p+1. The summed E-state index contributed by atoms with van der Waals surface area (Å²) >= 11 is 0. The first kappa shape index (κ1) is 14.4. The number of carbonyl (C=O) groups is 1. The Labute approximate surface area is 93.7 Å². The van der Waals surface area contributed by atoms with Crippen LogP contribution in [0.15, 0.2) is 0 Å². The Morgan fingerprint density at radius 1 is 0.933 bits per heavy atom. The smallest absolute Gasteiger partial charge is 0.303 e. The molecular formula is C12H26NO2+. The molecule has 0 aliphatic carbocycles. The minimum Gasteiger partial charge on any atom is -0.481 e. The molecule has 0 atom stereocenters. The minimum absolute atomic E-state index is 0.332. The van der Waals surface area contributed by atoms with E-state index in [4.69, 9.17) is 5.11 Å². The molecule has 0 bridgehead atoms. The van der Waals surface area contributed by atoms with E-state index in [0.717, 1.165) is 17.3 Å². The third kappa shape index (κ3) is 13.4. The summed E-state index contributed by atoms with van der Waals surface area (Å²) in [5.74, 6) is -0.667. The Balaban J connectivity index is 3.09. The molecule has 1 N–H and O–H groups in total. The lowest BCUT2D eigenvalue weighted by Gasteiger charge is -2.23. The fraction of sp³-hybridized carbons (Fsp3) is 0.917. The van der Waals surface area contributed by atoms with Crippen LogP contribution in [0.3, 0.4) is 0 Å². The summed E-state index contributed by atoms with van der Waals surface area (Å²) in [5.41, 5.74) is 0. The zero-order valence-electron chi connectivity index (χ0n) is 10.5. The highest BCUT2D eigenvalue weighted by Gasteiger charge is 2.05. The average Bonchev–Trinajstić information content (AvgIpc) is 2.07. The molecule has 0 saturated carbocycles. The van der Waals surface area contributed by atoms with Gasteiger partial charge in [0, 0.05) is 6.42 Å². The molecule has 0 radical (unpaired) electrons. The van der Waals surface area contributed by atoms with Crippen LogP contribution in [-0.2, 0) is 4.79 Å². The molecule has 0 saturated heterocycles. The van der Waals surface area contributed by atoms with E-state index >= 15 is 0 Å². The Kier molecular flexibility index (Phi) is 7.39. The second-order valence-corrected chi connectivity index (χ2v) is 5.28. The quantitative estimate of drug-likeness (QED) is 0.475. The van der Waals surface area contributed by atoms with Crippen LogP contribution in [0, 0.1) is 0 Å². The number of carboxylic acids is 1. The van der Waals surface area contributed by atoms with Crippen molar-refractivity contribution in [1.29, 1.82) is 0 Å². The van der Waals surface area contributed by atoms with Crippen LogP contribution >= 0.6 is 0 Å². The van der Waals surface area contributed by atoms with Gasteiger partial charge in [0.25, 0.3) is 0 Å². The van der Waals surface area contributed by atoms with Crippen LogP contribution in [0.5, 0.6) is 0 Å². The number of nitrogens with zero attached hydrogens (tertiary/aromatic N) is 1. The van der Waals surface area contributed by atoms with Crippen molar-refractivity contribution in [3.63, 3.8) is 0 Å². The van der Waals surface area contributed by atoms with Gasteiger partial charge >= 0.3 is 5.97 Å². The van der Waals surface area contributed by atoms with E-state index in [2.05, 4.69) is 21.1 Å². The van der Waals surface area contributed by atoms with E-state index in [0.29, 0.717) is 6.42 Å². The summed E-state index contributed by atoms with van der Waals surface area (Å²) in [6.07, 6.45) is 7.23. The highest BCUT2D eigenvalue weighted by atomic mass is 16.4. The maximum Gasteiger partial charge on any atom is 0.303 e. The Hall–Kier alpha value is -0.570. The molecular weight excluding hydrogens is 190 g/mol. The van der Waals surface area contributed by atoms with E-state index in [9.17, 15) is 4.79 Å². The molecule has 0 fully saturated rings. The molecule has 0 aromatic heterocycles. The van der Waals surface area contributed by atoms with E-state index < -0.39 is 5.97 Å². The maximum absolute atomic E-state index is 10.2. The van der Waals surface area contributed by atoms with Gasteiger partial charge in [-0.25, -0.2) is 0 Å². The monoisotopic (exact) mass is 216 g/mol. The molecule has 0 spiro atoms. The third-order valence-corrected chi connectivity index (χ3v) is 2.47. The van der Waals surface area contributed by atoms with Crippen molar-refractivity contribution in [2.75, 3.05) is 27.7 Å². The zero-order chi connectivity index (χ0) is 11.7. The van der Waals surface area contributed by atoms with Crippen molar-refractivity contribution in [2.45, 2.75) is 44.9 Å². The van der Waals surface area contributed by atoms with Crippen molar-refractivity contribution in [3.8, 4) is 0 Å². The Bertz CT molecular complexity index is 173. The van der Waals surface area contributed by atoms with E-state index in [1.165, 1.54) is 32.2 Å². The molecule has 0 aliphatic heterocycles. The molecule has 3 nitrogen and oxygen atoms in total. The van der Waals surface area contributed by atoms with Gasteiger partial charge in [-0.15, -0.1) is 0 Å². The molecule has 0 heterocycles. The summed E-state index contributed by atoms with van der Waals surface area (Å²) in [5, 5.41) is 8.44. The van der Waals surface area contributed by atoms with Gasteiger partial charge < -0.3 is 9.59 Å². The highest BCUT2D eigenvalue weighted by molar-refractivity contribution is 5.66. The zero-order valence-corrected chi connectivity index (χ0v) is 10.5. The first-order chi connectivity index (χ1) is 6.92. The predicted octanol–water partition coefficient (Wildman–Crippen LogP) is 2.51. The van der Waals surface area contributed by atoms with Crippen LogP contribution in [0.2, 0.25) is 0 Å². The fourth-order valence-corrected chi connectivity index (χ4v) is 1.57. The lowest BCUT2D eigenvalue weighted by Crippen LogP contribution is -2.35. The van der Waals surface area contributed by atoms with Gasteiger partial charge in [-0.05, 0) is 19.3 Å². The summed E-state index contributed by atoms with van der Waals surface area (Å²) in [4.78, 5) is 10.2. The molecule has 0 rings (SSSR count). The highest BCUT2D eigenvalue weighted by Crippen LogP contribution is 2.08. The molecule has 0 aromatic rings. The third-order valence-electron chi connectivity index (χ3n) is 2.47. The largest absolute Gasteiger partial charge is 0.481 e. The van der Waals surface area contributed by atoms with Crippen LogP contribution in [0.1, 0.15) is 44.9 Å². The Morgan fingerprint density at radius 3 is 1.87 bits per heavy atom. The summed E-state index contributed by atoms with van der Waals surface area (Å²) in [6, 6.07) is 0. The second kappa shape index (κ2) is 7.69. The van der Waals surface area contributed by atoms with Gasteiger partial charge in [-0.1, -0.05) is 19.3 Å². The van der Waals surface area contributed by atoms with Gasteiger partial charge in [0.1, 0.15) is 0 Å². The second-order valence-electron chi connectivity index (χ2n) is 5.28. The van der Waals surface area contributed by atoms with Gasteiger partial charge in [-0.2, -0.15) is 0 Å². The molecule has 0 unspecified atom stereocenters. The van der Waals surface area contributed by atoms with Gasteiger partial charge in [0.2, 0.25) is 0 Å². The summed E-state index contributed by atoms with van der Waals surface area (Å²) in [7, 11) is 6.65. The first-order valence-electron chi connectivity index (χ1n) is 5.94. The molecule has 3 heteroatoms. The maximum atomic E-state index is 10.2. The number of quaternary nitrogens is 1. The number of aliphatic carboxylic acids is 1. The van der Waals surface area contributed by atoms with Crippen LogP contribution < -0.4 is 0 Å². The number of hydrogen-bond acceptors (Lipinski definition) is 1. The molecule has 0 aromatic carbocycles. The van der Waals surface area contributed by atoms with Crippen LogP contribution in [-0.4, -0.2) is 43.2 Å². The van der Waals surface area contributed by atoms with E-state index in [1.54, 1.807) is 0 Å². The molecule has 0 amide bonds. The van der Waals surface area contributed by atoms with Crippen molar-refractivity contribution < 1.29 is 14.4 Å². The van der Waals surface area contributed by atoms with Gasteiger partial charge in [0.05, 0.1) is 27.7 Å². The first-order valence-corrected chi connectivity index (χ1v) is 5.94. The number of unbranched alkanes of at least 4 members (excludes halogenated alkanes) is 5. The lowest BCUT2D eigenvalue weighted by molar-refractivity contribution is -0.870. The van der Waals surface area contributed by atoms with E-state index in [-0.39, 0.29) is 0 Å². The Morgan fingerprint density at radius 2 is 1.40 bits per heavy atom. The fourth-order valence-electron chi connectivity index (χ4n) is 1.57. The van der Waals surface area contributed by atoms with Gasteiger partial charge in [0.15, 0.2) is 0 Å².